The molecule has 0 heterocycles. The number of methoxy groups -OCH3 is 2. The number of nitrogens with zero attached hydrogens (tertiary/aromatic N) is 1. The number of benzene rings is 1. The maximum Gasteiger partial charge on any atom is 0.337 e. The van der Waals surface area contributed by atoms with Crippen molar-refractivity contribution in [2.24, 2.45) is 4.99 Å². The van der Waals surface area contributed by atoms with Gasteiger partial charge in [0.25, 0.3) is 0 Å². The van der Waals surface area contributed by atoms with Crippen molar-refractivity contribution >= 4 is 12.0 Å². The zero-order valence-electron chi connectivity index (χ0n) is 9.02. The molecule has 0 saturated heterocycles. The summed E-state index contributed by atoms with van der Waals surface area (Å²) in [5, 5.41) is 0. The van der Waals surface area contributed by atoms with Crippen LogP contribution in [0.15, 0.2) is 23.2 Å². The number of rotatable bonds is 4. The summed E-state index contributed by atoms with van der Waals surface area (Å²) in [6.07, 6.45) is 1.43. The highest BCUT2D eigenvalue weighted by Gasteiger charge is 2.09. The van der Waals surface area contributed by atoms with Crippen molar-refractivity contribution in [3.8, 4) is 5.75 Å². The molecule has 0 saturated carbocycles. The van der Waals surface area contributed by atoms with Gasteiger partial charge in [-0.2, -0.15) is 0 Å². The molecule has 0 fully saturated rings. The van der Waals surface area contributed by atoms with Crippen LogP contribution in [0.1, 0.15) is 15.9 Å². The average Bonchev–Trinajstić information content (AvgIpc) is 2.34. The number of hydrogen-bond donors (Lipinski definition) is 0. The van der Waals surface area contributed by atoms with Crippen LogP contribution in [0.5, 0.6) is 5.75 Å². The van der Waals surface area contributed by atoms with E-state index in [-0.39, 0.29) is 6.54 Å². The monoisotopic (exact) mass is 221 g/mol. The van der Waals surface area contributed by atoms with Crippen molar-refractivity contribution in [1.82, 2.24) is 0 Å². The van der Waals surface area contributed by atoms with Crippen molar-refractivity contribution in [1.29, 1.82) is 0 Å². The van der Waals surface area contributed by atoms with Crippen molar-refractivity contribution < 1.29 is 19.1 Å². The Morgan fingerprint density at radius 2 is 2.19 bits per heavy atom. The van der Waals surface area contributed by atoms with Crippen LogP contribution in [0.2, 0.25) is 0 Å². The fourth-order valence-electron chi connectivity index (χ4n) is 1.26. The van der Waals surface area contributed by atoms with Gasteiger partial charge in [-0.25, -0.2) is 14.6 Å². The highest BCUT2D eigenvalue weighted by molar-refractivity contribution is 5.89. The first-order chi connectivity index (χ1) is 7.72. The quantitative estimate of drug-likeness (QED) is 0.437. The van der Waals surface area contributed by atoms with Crippen molar-refractivity contribution in [2.45, 2.75) is 6.54 Å². The zero-order chi connectivity index (χ0) is 12.0. The molecule has 1 rings (SSSR count). The summed E-state index contributed by atoms with van der Waals surface area (Å²) in [4.78, 5) is 24.7. The molecule has 0 aliphatic carbocycles. The fourth-order valence-corrected chi connectivity index (χ4v) is 1.26. The van der Waals surface area contributed by atoms with E-state index in [2.05, 4.69) is 9.73 Å². The van der Waals surface area contributed by atoms with Crippen molar-refractivity contribution in [3.63, 3.8) is 0 Å². The Bertz CT molecular complexity index is 436. The lowest BCUT2D eigenvalue weighted by Crippen LogP contribution is -2.02. The molecule has 0 radical (unpaired) electrons. The van der Waals surface area contributed by atoms with Crippen LogP contribution in [-0.2, 0) is 16.1 Å². The second-order valence-corrected chi connectivity index (χ2v) is 2.93. The lowest BCUT2D eigenvalue weighted by molar-refractivity contribution is 0.0600. The molecule has 0 aromatic heterocycles. The maximum atomic E-state index is 11.3. The number of hydrogen-bond acceptors (Lipinski definition) is 5. The van der Waals surface area contributed by atoms with Crippen LogP contribution < -0.4 is 4.74 Å². The zero-order valence-corrected chi connectivity index (χ0v) is 9.02. The molecule has 16 heavy (non-hydrogen) atoms. The van der Waals surface area contributed by atoms with E-state index in [1.165, 1.54) is 20.3 Å². The molecule has 0 bridgehead atoms. The minimum atomic E-state index is -0.445. The van der Waals surface area contributed by atoms with E-state index in [0.29, 0.717) is 16.9 Å². The number of esters is 1. The minimum absolute atomic E-state index is 0.123. The molecule has 0 spiro atoms. The van der Waals surface area contributed by atoms with Gasteiger partial charge in [0.15, 0.2) is 0 Å². The third-order valence-electron chi connectivity index (χ3n) is 2.02. The Morgan fingerprint density at radius 1 is 1.44 bits per heavy atom. The van der Waals surface area contributed by atoms with Gasteiger partial charge in [-0.05, 0) is 18.2 Å². The molecular formula is C11H11NO4. The second kappa shape index (κ2) is 5.68. The molecular weight excluding hydrogens is 210 g/mol. The normalized spacial score (nSPS) is 9.12. The van der Waals surface area contributed by atoms with Gasteiger partial charge in [0.2, 0.25) is 6.08 Å². The first-order valence-electron chi connectivity index (χ1n) is 4.51. The second-order valence-electron chi connectivity index (χ2n) is 2.93. The molecule has 0 aliphatic heterocycles. The predicted molar refractivity (Wildman–Crippen MR) is 56.2 cm³/mol. The van der Waals surface area contributed by atoms with Crippen LogP contribution in [-0.4, -0.2) is 26.3 Å². The Hall–Kier alpha value is -2.13. The van der Waals surface area contributed by atoms with Crippen molar-refractivity contribution in [3.05, 3.63) is 29.3 Å². The molecule has 0 atom stereocenters. The van der Waals surface area contributed by atoms with Crippen molar-refractivity contribution in [2.75, 3.05) is 14.2 Å². The molecule has 0 N–H and O–H groups in total. The van der Waals surface area contributed by atoms with E-state index in [1.807, 2.05) is 0 Å². The standard InChI is InChI=1S/C11H11NO4/c1-15-10-4-3-8(11(14)16-2)5-9(10)6-12-7-13/h3-5H,6H2,1-2H3. The number of ether oxygens (including phenoxy) is 2. The molecule has 84 valence electrons. The first kappa shape index (κ1) is 11.9. The average molecular weight is 221 g/mol. The molecule has 5 heteroatoms. The Labute approximate surface area is 92.7 Å². The van der Waals surface area contributed by atoms with Crippen LogP contribution in [0, 0.1) is 0 Å². The summed E-state index contributed by atoms with van der Waals surface area (Å²) in [5.74, 6) is 0.116. The highest BCUT2D eigenvalue weighted by Crippen LogP contribution is 2.21. The summed E-state index contributed by atoms with van der Waals surface area (Å²) in [7, 11) is 2.80. The fraction of sp³-hybridized carbons (Fsp3) is 0.273. The summed E-state index contributed by atoms with van der Waals surface area (Å²) in [6, 6.07) is 4.78. The van der Waals surface area contributed by atoms with E-state index in [1.54, 1.807) is 18.2 Å². The van der Waals surface area contributed by atoms with Crippen LogP contribution in [0.3, 0.4) is 0 Å². The SMILES string of the molecule is COC(=O)c1ccc(OC)c(CN=C=O)c1. The van der Waals surface area contributed by atoms with Crippen LogP contribution in [0.25, 0.3) is 0 Å². The molecule has 5 nitrogen and oxygen atoms in total. The summed E-state index contributed by atoms with van der Waals surface area (Å²) < 4.78 is 9.65. The van der Waals surface area contributed by atoms with Crippen LogP contribution in [0.4, 0.5) is 0 Å². The highest BCUT2D eigenvalue weighted by atomic mass is 16.5. The molecule has 0 unspecified atom stereocenters. The van der Waals surface area contributed by atoms with Gasteiger partial charge in [-0.15, -0.1) is 0 Å². The van der Waals surface area contributed by atoms with Gasteiger partial charge >= 0.3 is 5.97 Å². The Kier molecular flexibility index (Phi) is 4.24. The Balaban J connectivity index is 3.09. The topological polar surface area (TPSA) is 65.0 Å². The Morgan fingerprint density at radius 3 is 2.75 bits per heavy atom. The minimum Gasteiger partial charge on any atom is -0.496 e. The number of carbonyl (C=O) groups is 1. The van der Waals surface area contributed by atoms with E-state index in [9.17, 15) is 9.59 Å². The third kappa shape index (κ3) is 2.68. The van der Waals surface area contributed by atoms with E-state index < -0.39 is 5.97 Å². The smallest absolute Gasteiger partial charge is 0.337 e. The molecule has 0 amide bonds. The van der Waals surface area contributed by atoms with Gasteiger partial charge in [-0.1, -0.05) is 0 Å². The number of carbonyl (C=O) groups excluding carboxylic acids is 2. The van der Waals surface area contributed by atoms with E-state index in [0.717, 1.165) is 0 Å². The van der Waals surface area contributed by atoms with Gasteiger partial charge in [-0.3, -0.25) is 0 Å². The lowest BCUT2D eigenvalue weighted by Gasteiger charge is -2.07. The maximum absolute atomic E-state index is 11.3. The van der Waals surface area contributed by atoms with Gasteiger partial charge < -0.3 is 9.47 Å². The lowest BCUT2D eigenvalue weighted by atomic mass is 10.1. The summed E-state index contributed by atoms with van der Waals surface area (Å²) in [6.45, 7) is 0.123. The molecule has 1 aromatic rings. The van der Waals surface area contributed by atoms with E-state index >= 15 is 0 Å². The van der Waals surface area contributed by atoms with E-state index in [4.69, 9.17) is 4.74 Å². The predicted octanol–water partition coefficient (Wildman–Crippen LogP) is 1.32. The third-order valence-corrected chi connectivity index (χ3v) is 2.02. The number of aliphatic imine (C=N–C) groups is 1. The molecule has 1 aromatic carbocycles. The van der Waals surface area contributed by atoms with Gasteiger partial charge in [0.1, 0.15) is 5.75 Å². The summed E-state index contributed by atoms with van der Waals surface area (Å²) >= 11 is 0. The number of isocyanates is 1. The van der Waals surface area contributed by atoms with Gasteiger partial charge in [0, 0.05) is 5.56 Å². The van der Waals surface area contributed by atoms with Crippen LogP contribution >= 0.6 is 0 Å². The first-order valence-corrected chi connectivity index (χ1v) is 4.51. The largest absolute Gasteiger partial charge is 0.496 e. The van der Waals surface area contributed by atoms with Gasteiger partial charge in [0.05, 0.1) is 26.3 Å². The molecule has 0 aliphatic rings. The summed E-state index contributed by atoms with van der Waals surface area (Å²) in [5.41, 5.74) is 1.02.